The summed E-state index contributed by atoms with van der Waals surface area (Å²) >= 11 is 0. The van der Waals surface area contributed by atoms with Gasteiger partial charge in [-0.25, -0.2) is 9.78 Å². The number of aromatic nitrogens is 4. The van der Waals surface area contributed by atoms with Gasteiger partial charge in [-0.05, 0) is 38.6 Å². The molecule has 7 heteroatoms. The third-order valence-electron chi connectivity index (χ3n) is 5.78. The van der Waals surface area contributed by atoms with Gasteiger partial charge in [0.2, 0.25) is 0 Å². The molecule has 0 saturated heterocycles. The van der Waals surface area contributed by atoms with Crippen LogP contribution < -0.4 is 16.6 Å². The van der Waals surface area contributed by atoms with Crippen LogP contribution >= 0.6 is 0 Å². The minimum absolute atomic E-state index is 0.0571. The average Bonchev–Trinajstić information content (AvgIpc) is 3.30. The maximum Gasteiger partial charge on any atom is 0.328 e. The summed E-state index contributed by atoms with van der Waals surface area (Å²) in [7, 11) is 0. The third-order valence-corrected chi connectivity index (χ3v) is 5.78. The molecular weight excluding hydrogens is 330 g/mol. The van der Waals surface area contributed by atoms with Gasteiger partial charge in [0, 0.05) is 42.3 Å². The molecule has 26 heavy (non-hydrogen) atoms. The summed E-state index contributed by atoms with van der Waals surface area (Å²) in [6, 6.07) is 0.154. The van der Waals surface area contributed by atoms with Crippen LogP contribution in [0.2, 0.25) is 0 Å². The molecule has 0 bridgehead atoms. The molecule has 1 fully saturated rings. The summed E-state index contributed by atoms with van der Waals surface area (Å²) in [5.74, 6) is 0. The SMILES string of the molecule is O=c1[nH]c2c(c(=O)n1C1CCCCC1)CCC2NCCCn1ccnc1. The van der Waals surface area contributed by atoms with Crippen molar-refractivity contribution in [3.63, 3.8) is 0 Å². The first kappa shape index (κ1) is 17.3. The number of nitrogens with zero attached hydrogens (tertiary/aromatic N) is 3. The van der Waals surface area contributed by atoms with Crippen molar-refractivity contribution in [3.8, 4) is 0 Å². The number of fused-ring (bicyclic) bond motifs is 1. The van der Waals surface area contributed by atoms with E-state index in [-0.39, 0.29) is 23.3 Å². The van der Waals surface area contributed by atoms with Gasteiger partial charge in [0.1, 0.15) is 0 Å². The van der Waals surface area contributed by atoms with Crippen molar-refractivity contribution in [3.05, 3.63) is 50.8 Å². The average molecular weight is 357 g/mol. The van der Waals surface area contributed by atoms with Gasteiger partial charge >= 0.3 is 5.69 Å². The van der Waals surface area contributed by atoms with E-state index in [4.69, 9.17) is 0 Å². The van der Waals surface area contributed by atoms with Crippen LogP contribution in [0.1, 0.15) is 68.3 Å². The van der Waals surface area contributed by atoms with Gasteiger partial charge in [-0.1, -0.05) is 19.3 Å². The van der Waals surface area contributed by atoms with E-state index in [0.29, 0.717) is 0 Å². The lowest BCUT2D eigenvalue weighted by atomic mass is 9.95. The van der Waals surface area contributed by atoms with Gasteiger partial charge < -0.3 is 14.9 Å². The maximum atomic E-state index is 12.9. The standard InChI is InChI=1S/C19H27N5O2/c25-18-15-7-8-16(21-9-4-11-23-12-10-20-13-23)17(15)22-19(26)24(18)14-5-2-1-3-6-14/h10,12-14,16,21H,1-9,11H2,(H,22,26). The molecule has 140 valence electrons. The van der Waals surface area contributed by atoms with E-state index in [1.54, 1.807) is 6.20 Å². The highest BCUT2D eigenvalue weighted by molar-refractivity contribution is 5.26. The Balaban J connectivity index is 1.45. The van der Waals surface area contributed by atoms with Crippen molar-refractivity contribution in [1.29, 1.82) is 0 Å². The van der Waals surface area contributed by atoms with E-state index in [1.807, 2.05) is 12.5 Å². The molecule has 0 radical (unpaired) electrons. The lowest BCUT2D eigenvalue weighted by Crippen LogP contribution is -2.41. The van der Waals surface area contributed by atoms with Gasteiger partial charge in [0.05, 0.1) is 6.33 Å². The minimum atomic E-state index is -0.229. The third kappa shape index (κ3) is 3.40. The van der Waals surface area contributed by atoms with Gasteiger partial charge in [-0.3, -0.25) is 9.36 Å². The summed E-state index contributed by atoms with van der Waals surface area (Å²) < 4.78 is 3.55. The normalized spacial score (nSPS) is 20.4. The zero-order valence-corrected chi connectivity index (χ0v) is 15.1. The summed E-state index contributed by atoms with van der Waals surface area (Å²) in [6.45, 7) is 1.75. The molecular formula is C19H27N5O2. The number of H-pyrrole nitrogens is 1. The summed E-state index contributed by atoms with van der Waals surface area (Å²) in [6.07, 6.45) is 13.5. The van der Waals surface area contributed by atoms with Crippen molar-refractivity contribution in [2.45, 2.75) is 70.0 Å². The Kier molecular flexibility index (Phi) is 5.06. The predicted molar refractivity (Wildman–Crippen MR) is 99.4 cm³/mol. The van der Waals surface area contributed by atoms with Crippen LogP contribution in [0.3, 0.4) is 0 Å². The molecule has 1 unspecified atom stereocenters. The van der Waals surface area contributed by atoms with Crippen molar-refractivity contribution in [2.24, 2.45) is 0 Å². The lowest BCUT2D eigenvalue weighted by molar-refractivity contribution is 0.334. The Hall–Kier alpha value is -2.15. The number of imidazole rings is 1. The van der Waals surface area contributed by atoms with E-state index in [9.17, 15) is 9.59 Å². The molecule has 0 aromatic carbocycles. The first-order chi connectivity index (χ1) is 12.7. The van der Waals surface area contributed by atoms with Gasteiger partial charge in [0.25, 0.3) is 5.56 Å². The van der Waals surface area contributed by atoms with Crippen LogP contribution in [0.15, 0.2) is 28.3 Å². The second kappa shape index (κ2) is 7.61. The molecule has 2 aliphatic carbocycles. The number of aryl methyl sites for hydroxylation is 1. The lowest BCUT2D eigenvalue weighted by Gasteiger charge is -2.23. The highest BCUT2D eigenvalue weighted by Gasteiger charge is 2.29. The van der Waals surface area contributed by atoms with Crippen LogP contribution in [0.4, 0.5) is 0 Å². The molecule has 0 amide bonds. The molecule has 1 saturated carbocycles. The van der Waals surface area contributed by atoms with Gasteiger partial charge in [0.15, 0.2) is 0 Å². The molecule has 0 spiro atoms. The van der Waals surface area contributed by atoms with Crippen LogP contribution in [-0.4, -0.2) is 25.6 Å². The number of nitrogens with one attached hydrogen (secondary N) is 2. The van der Waals surface area contributed by atoms with Crippen LogP contribution in [-0.2, 0) is 13.0 Å². The molecule has 2 aromatic rings. The van der Waals surface area contributed by atoms with Crippen LogP contribution in [0, 0.1) is 0 Å². The fourth-order valence-electron chi connectivity index (χ4n) is 4.41. The van der Waals surface area contributed by atoms with Gasteiger partial charge in [-0.2, -0.15) is 0 Å². The summed E-state index contributed by atoms with van der Waals surface area (Å²) in [4.78, 5) is 32.6. The highest BCUT2D eigenvalue weighted by atomic mass is 16.2. The second-order valence-electron chi connectivity index (χ2n) is 7.49. The fraction of sp³-hybridized carbons (Fsp3) is 0.632. The second-order valence-corrected chi connectivity index (χ2v) is 7.49. The van der Waals surface area contributed by atoms with Crippen molar-refractivity contribution in [1.82, 2.24) is 24.4 Å². The zero-order chi connectivity index (χ0) is 17.9. The van der Waals surface area contributed by atoms with Gasteiger partial charge in [-0.15, -0.1) is 0 Å². The fourth-order valence-corrected chi connectivity index (χ4v) is 4.41. The summed E-state index contributed by atoms with van der Waals surface area (Å²) in [5.41, 5.74) is 1.34. The van der Waals surface area contributed by atoms with Crippen molar-refractivity contribution < 1.29 is 0 Å². The molecule has 2 N–H and O–H groups in total. The largest absolute Gasteiger partial charge is 0.337 e. The maximum absolute atomic E-state index is 12.9. The molecule has 0 aliphatic heterocycles. The number of hydrogen-bond donors (Lipinski definition) is 2. The molecule has 2 heterocycles. The molecule has 2 aromatic heterocycles. The van der Waals surface area contributed by atoms with Crippen LogP contribution in [0.5, 0.6) is 0 Å². The van der Waals surface area contributed by atoms with E-state index in [1.165, 1.54) is 11.0 Å². The Morgan fingerprint density at radius 3 is 2.81 bits per heavy atom. The Morgan fingerprint density at radius 1 is 1.19 bits per heavy atom. The number of hydrogen-bond acceptors (Lipinski definition) is 4. The molecule has 1 atom stereocenters. The highest BCUT2D eigenvalue weighted by Crippen LogP contribution is 2.29. The van der Waals surface area contributed by atoms with Crippen molar-refractivity contribution >= 4 is 0 Å². The monoisotopic (exact) mass is 357 g/mol. The Morgan fingerprint density at radius 2 is 2.04 bits per heavy atom. The van der Waals surface area contributed by atoms with E-state index < -0.39 is 0 Å². The smallest absolute Gasteiger partial charge is 0.328 e. The van der Waals surface area contributed by atoms with Crippen molar-refractivity contribution in [2.75, 3.05) is 6.54 Å². The zero-order valence-electron chi connectivity index (χ0n) is 15.1. The van der Waals surface area contributed by atoms with Crippen LogP contribution in [0.25, 0.3) is 0 Å². The summed E-state index contributed by atoms with van der Waals surface area (Å²) in [5, 5.41) is 3.50. The first-order valence-corrected chi connectivity index (χ1v) is 9.81. The molecule has 4 rings (SSSR count). The number of aromatic amines is 1. The quantitative estimate of drug-likeness (QED) is 0.774. The van der Waals surface area contributed by atoms with E-state index in [0.717, 1.165) is 69.3 Å². The Labute approximate surface area is 152 Å². The first-order valence-electron chi connectivity index (χ1n) is 9.81. The topological polar surface area (TPSA) is 84.7 Å². The number of rotatable bonds is 6. The minimum Gasteiger partial charge on any atom is -0.337 e. The Bertz CT molecular complexity index is 846. The molecule has 2 aliphatic rings. The predicted octanol–water partition coefficient (Wildman–Crippen LogP) is 1.91. The van der Waals surface area contributed by atoms with E-state index >= 15 is 0 Å². The molecule has 7 nitrogen and oxygen atoms in total. The van der Waals surface area contributed by atoms with E-state index in [2.05, 4.69) is 19.9 Å².